The summed E-state index contributed by atoms with van der Waals surface area (Å²) < 4.78 is 5.67. The lowest BCUT2D eigenvalue weighted by atomic mass is 9.84. The molecular formula is C17H34N2O2. The number of aliphatic hydroxyl groups excluding tert-OH is 1. The zero-order valence-electron chi connectivity index (χ0n) is 13.9. The second-order valence-corrected chi connectivity index (χ2v) is 7.31. The van der Waals surface area contributed by atoms with Crippen LogP contribution in [-0.2, 0) is 4.74 Å². The molecule has 2 fully saturated rings. The fourth-order valence-corrected chi connectivity index (χ4v) is 3.86. The highest BCUT2D eigenvalue weighted by atomic mass is 16.5. The fraction of sp³-hybridized carbons (Fsp3) is 1.00. The number of piperidine rings is 1. The Morgan fingerprint density at radius 1 is 1.24 bits per heavy atom. The zero-order valence-corrected chi connectivity index (χ0v) is 13.9. The molecule has 0 spiro atoms. The van der Waals surface area contributed by atoms with Crippen molar-refractivity contribution in [1.29, 1.82) is 0 Å². The molecule has 0 aromatic carbocycles. The average Bonchev–Trinajstić information content (AvgIpc) is 2.93. The zero-order chi connectivity index (χ0) is 15.1. The predicted molar refractivity (Wildman–Crippen MR) is 86.5 cm³/mol. The third kappa shape index (κ3) is 5.51. The predicted octanol–water partition coefficient (Wildman–Crippen LogP) is 2.02. The maximum Gasteiger partial charge on any atom is 0.0701 e. The Morgan fingerprint density at radius 2 is 1.90 bits per heavy atom. The van der Waals surface area contributed by atoms with Crippen LogP contribution < -0.4 is 5.32 Å². The van der Waals surface area contributed by atoms with Crippen LogP contribution in [0.1, 0.15) is 52.4 Å². The van der Waals surface area contributed by atoms with E-state index in [9.17, 15) is 0 Å². The molecule has 0 atom stereocenters. The molecule has 0 aromatic rings. The molecule has 0 aromatic heterocycles. The SMILES string of the molecule is CC(C)NCC1(CN2CCC(OCCO)CC2)CCCC1. The molecule has 4 nitrogen and oxygen atoms in total. The first-order valence-corrected chi connectivity index (χ1v) is 8.82. The number of likely N-dealkylation sites (tertiary alicyclic amines) is 1. The van der Waals surface area contributed by atoms with E-state index in [1.54, 1.807) is 0 Å². The topological polar surface area (TPSA) is 44.7 Å². The number of hydrogen-bond acceptors (Lipinski definition) is 4. The van der Waals surface area contributed by atoms with E-state index in [-0.39, 0.29) is 6.61 Å². The molecule has 0 amide bonds. The summed E-state index contributed by atoms with van der Waals surface area (Å²) in [6.45, 7) is 9.85. The standard InChI is InChI=1S/C17H34N2O2/c1-15(2)18-13-17(7-3-4-8-17)14-19-9-5-16(6-10-19)21-12-11-20/h15-16,18,20H,3-14H2,1-2H3. The van der Waals surface area contributed by atoms with Crippen LogP contribution in [0.25, 0.3) is 0 Å². The van der Waals surface area contributed by atoms with Gasteiger partial charge in [-0.1, -0.05) is 26.7 Å². The van der Waals surface area contributed by atoms with Gasteiger partial charge in [-0.25, -0.2) is 0 Å². The van der Waals surface area contributed by atoms with Crippen LogP contribution in [0.5, 0.6) is 0 Å². The monoisotopic (exact) mass is 298 g/mol. The Hall–Kier alpha value is -0.160. The van der Waals surface area contributed by atoms with Gasteiger partial charge in [-0.15, -0.1) is 0 Å². The summed E-state index contributed by atoms with van der Waals surface area (Å²) in [6, 6.07) is 0.583. The van der Waals surface area contributed by atoms with Crippen molar-refractivity contribution in [1.82, 2.24) is 10.2 Å². The van der Waals surface area contributed by atoms with Crippen LogP contribution in [0.3, 0.4) is 0 Å². The van der Waals surface area contributed by atoms with E-state index in [2.05, 4.69) is 24.1 Å². The van der Waals surface area contributed by atoms with Gasteiger partial charge in [0.05, 0.1) is 19.3 Å². The van der Waals surface area contributed by atoms with Gasteiger partial charge in [0.25, 0.3) is 0 Å². The maximum absolute atomic E-state index is 8.83. The smallest absolute Gasteiger partial charge is 0.0701 e. The van der Waals surface area contributed by atoms with Crippen molar-refractivity contribution >= 4 is 0 Å². The van der Waals surface area contributed by atoms with Crippen molar-refractivity contribution in [3.05, 3.63) is 0 Å². The van der Waals surface area contributed by atoms with E-state index in [0.717, 1.165) is 25.9 Å². The maximum atomic E-state index is 8.83. The molecule has 2 rings (SSSR count). The number of nitrogens with one attached hydrogen (secondary N) is 1. The summed E-state index contributed by atoms with van der Waals surface area (Å²) in [7, 11) is 0. The molecule has 2 N–H and O–H groups in total. The molecule has 1 saturated carbocycles. The van der Waals surface area contributed by atoms with Gasteiger partial charge >= 0.3 is 0 Å². The van der Waals surface area contributed by atoms with Crippen molar-refractivity contribution in [3.8, 4) is 0 Å². The van der Waals surface area contributed by atoms with Crippen LogP contribution in [0.4, 0.5) is 0 Å². The molecule has 2 aliphatic rings. The summed E-state index contributed by atoms with van der Waals surface area (Å²) in [4.78, 5) is 2.64. The van der Waals surface area contributed by atoms with E-state index in [1.165, 1.54) is 38.8 Å². The van der Waals surface area contributed by atoms with Crippen molar-refractivity contribution in [3.63, 3.8) is 0 Å². The Labute approximate surface area is 130 Å². The van der Waals surface area contributed by atoms with Gasteiger partial charge in [0.15, 0.2) is 0 Å². The summed E-state index contributed by atoms with van der Waals surface area (Å²) in [6.07, 6.45) is 8.16. The van der Waals surface area contributed by atoms with Gasteiger partial charge < -0.3 is 20.1 Å². The lowest BCUT2D eigenvalue weighted by Crippen LogP contribution is -2.47. The van der Waals surface area contributed by atoms with Gasteiger partial charge in [0.1, 0.15) is 0 Å². The van der Waals surface area contributed by atoms with E-state index in [0.29, 0.717) is 24.2 Å². The molecule has 1 saturated heterocycles. The lowest BCUT2D eigenvalue weighted by Gasteiger charge is -2.39. The lowest BCUT2D eigenvalue weighted by molar-refractivity contribution is -0.0147. The quantitative estimate of drug-likeness (QED) is 0.719. The first-order valence-electron chi connectivity index (χ1n) is 8.82. The normalized spacial score (nSPS) is 24.0. The molecular weight excluding hydrogens is 264 g/mol. The van der Waals surface area contributed by atoms with Crippen LogP contribution in [0.15, 0.2) is 0 Å². The first kappa shape index (κ1) is 17.2. The van der Waals surface area contributed by atoms with Crippen LogP contribution >= 0.6 is 0 Å². The van der Waals surface area contributed by atoms with Crippen LogP contribution in [0.2, 0.25) is 0 Å². The Kier molecular flexibility index (Phi) is 6.93. The van der Waals surface area contributed by atoms with Crippen molar-refractivity contribution in [2.75, 3.05) is 39.4 Å². The van der Waals surface area contributed by atoms with E-state index < -0.39 is 0 Å². The minimum atomic E-state index is 0.143. The van der Waals surface area contributed by atoms with Gasteiger partial charge in [-0.2, -0.15) is 0 Å². The second kappa shape index (κ2) is 8.47. The number of nitrogens with zero attached hydrogens (tertiary/aromatic N) is 1. The molecule has 21 heavy (non-hydrogen) atoms. The van der Waals surface area contributed by atoms with Crippen LogP contribution in [0, 0.1) is 5.41 Å². The number of aliphatic hydroxyl groups is 1. The highest BCUT2D eigenvalue weighted by Crippen LogP contribution is 2.39. The Morgan fingerprint density at radius 3 is 2.48 bits per heavy atom. The average molecular weight is 298 g/mol. The molecule has 0 bridgehead atoms. The fourth-order valence-electron chi connectivity index (χ4n) is 3.86. The second-order valence-electron chi connectivity index (χ2n) is 7.31. The molecule has 1 aliphatic carbocycles. The van der Waals surface area contributed by atoms with E-state index in [4.69, 9.17) is 9.84 Å². The molecule has 124 valence electrons. The van der Waals surface area contributed by atoms with Crippen molar-refractivity contribution in [2.24, 2.45) is 5.41 Å². The molecule has 4 heteroatoms. The summed E-state index contributed by atoms with van der Waals surface area (Å²) >= 11 is 0. The van der Waals surface area contributed by atoms with Crippen molar-refractivity contribution in [2.45, 2.75) is 64.5 Å². The van der Waals surface area contributed by atoms with Gasteiger partial charge in [0, 0.05) is 32.2 Å². The van der Waals surface area contributed by atoms with E-state index in [1.807, 2.05) is 0 Å². The summed E-state index contributed by atoms with van der Waals surface area (Å²) in [5, 5.41) is 12.5. The van der Waals surface area contributed by atoms with Crippen molar-refractivity contribution < 1.29 is 9.84 Å². The minimum absolute atomic E-state index is 0.143. The number of hydrogen-bond donors (Lipinski definition) is 2. The number of ether oxygens (including phenoxy) is 1. The van der Waals surface area contributed by atoms with E-state index >= 15 is 0 Å². The first-order chi connectivity index (χ1) is 10.1. The molecule has 0 unspecified atom stereocenters. The third-order valence-electron chi connectivity index (χ3n) is 5.09. The third-order valence-corrected chi connectivity index (χ3v) is 5.09. The summed E-state index contributed by atoms with van der Waals surface area (Å²) in [5.41, 5.74) is 0.503. The minimum Gasteiger partial charge on any atom is -0.394 e. The molecule has 1 heterocycles. The van der Waals surface area contributed by atoms with Crippen LogP contribution in [-0.4, -0.2) is 61.5 Å². The summed E-state index contributed by atoms with van der Waals surface area (Å²) in [5.74, 6) is 0. The van der Waals surface area contributed by atoms with Gasteiger partial charge in [-0.05, 0) is 31.1 Å². The molecule has 0 radical (unpaired) electrons. The highest BCUT2D eigenvalue weighted by Gasteiger charge is 2.36. The Bertz CT molecular complexity index is 283. The number of rotatable bonds is 8. The largest absolute Gasteiger partial charge is 0.394 e. The highest BCUT2D eigenvalue weighted by molar-refractivity contribution is 4.91. The Balaban J connectivity index is 1.76. The van der Waals surface area contributed by atoms with Gasteiger partial charge in [-0.3, -0.25) is 0 Å². The molecule has 1 aliphatic heterocycles. The van der Waals surface area contributed by atoms with Gasteiger partial charge in [0.2, 0.25) is 0 Å².